The number of aromatic hydroxyl groups is 1. The van der Waals surface area contributed by atoms with E-state index in [1.807, 2.05) is 11.8 Å². The van der Waals surface area contributed by atoms with Gasteiger partial charge in [0.15, 0.2) is 0 Å². The van der Waals surface area contributed by atoms with Crippen molar-refractivity contribution in [2.45, 2.75) is 117 Å². The molecule has 0 heterocycles. The van der Waals surface area contributed by atoms with E-state index in [2.05, 4.69) is 67.5 Å². The van der Waals surface area contributed by atoms with E-state index in [4.69, 9.17) is 4.74 Å². The summed E-state index contributed by atoms with van der Waals surface area (Å²) < 4.78 is 5.76. The van der Waals surface area contributed by atoms with Crippen molar-refractivity contribution in [2.75, 3.05) is 11.5 Å². The van der Waals surface area contributed by atoms with Gasteiger partial charge in [0.2, 0.25) is 0 Å². The van der Waals surface area contributed by atoms with Gasteiger partial charge >= 0.3 is 5.97 Å². The minimum absolute atomic E-state index is 0.00114. The number of hydrogen-bond acceptors (Lipinski definition) is 4. The minimum Gasteiger partial charge on any atom is -0.507 e. The van der Waals surface area contributed by atoms with Crippen molar-refractivity contribution in [3.63, 3.8) is 0 Å². The molecule has 4 heteroatoms. The van der Waals surface area contributed by atoms with Crippen LogP contribution >= 0.6 is 11.8 Å². The molecule has 0 radical (unpaired) electrons. The second-order valence-corrected chi connectivity index (χ2v) is 11.8. The van der Waals surface area contributed by atoms with Crippen molar-refractivity contribution in [3.8, 4) is 5.75 Å². The Balaban J connectivity index is 2.71. The first-order valence-electron chi connectivity index (χ1n) is 12.0. The maximum absolute atomic E-state index is 12.5. The Bertz CT molecular complexity index is 648. The zero-order valence-corrected chi connectivity index (χ0v) is 22.1. The van der Waals surface area contributed by atoms with E-state index in [0.29, 0.717) is 18.6 Å². The molecule has 0 saturated carbocycles. The van der Waals surface area contributed by atoms with E-state index in [1.54, 1.807) is 0 Å². The molecule has 1 aromatic rings. The Morgan fingerprint density at radius 2 is 1.58 bits per heavy atom. The van der Waals surface area contributed by atoms with Crippen molar-refractivity contribution < 1.29 is 14.6 Å². The largest absolute Gasteiger partial charge is 0.507 e. The standard InChI is InChI=1S/C27H46O3S/c1-9-11-12-13-16-31-19-21(10-2)30-24(28)15-14-20-17-22(26(3,4)5)25(29)23(18-20)27(6,7)8/h17-18,21,29H,9-16,19H2,1-8H3. The number of esters is 1. The quantitative estimate of drug-likeness (QED) is 0.264. The summed E-state index contributed by atoms with van der Waals surface area (Å²) in [4.78, 5) is 12.5. The fourth-order valence-electron chi connectivity index (χ4n) is 3.55. The van der Waals surface area contributed by atoms with Crippen LogP contribution in [0.5, 0.6) is 5.75 Å². The molecule has 1 atom stereocenters. The fraction of sp³-hybridized carbons (Fsp3) is 0.741. The molecule has 1 rings (SSSR count). The third-order valence-corrected chi connectivity index (χ3v) is 6.79. The Kier molecular flexibility index (Phi) is 11.5. The van der Waals surface area contributed by atoms with Crippen LogP contribution in [-0.2, 0) is 26.8 Å². The predicted molar refractivity (Wildman–Crippen MR) is 135 cm³/mol. The van der Waals surface area contributed by atoms with Crippen molar-refractivity contribution in [1.82, 2.24) is 0 Å². The number of unbranched alkanes of at least 4 members (excludes halogenated alkanes) is 3. The maximum Gasteiger partial charge on any atom is 0.306 e. The van der Waals surface area contributed by atoms with Crippen LogP contribution in [0.15, 0.2) is 12.1 Å². The number of aryl methyl sites for hydroxylation is 1. The van der Waals surface area contributed by atoms with Gasteiger partial charge in [-0.3, -0.25) is 4.79 Å². The second kappa shape index (κ2) is 12.8. The van der Waals surface area contributed by atoms with Crippen molar-refractivity contribution in [1.29, 1.82) is 0 Å². The lowest BCUT2D eigenvalue weighted by Gasteiger charge is -2.28. The molecule has 0 amide bonds. The first kappa shape index (κ1) is 27.9. The SMILES string of the molecule is CCCCCCSCC(CC)OC(=O)CCc1cc(C(C)(C)C)c(O)c(C(C)(C)C)c1. The summed E-state index contributed by atoms with van der Waals surface area (Å²) >= 11 is 1.90. The van der Waals surface area contributed by atoms with E-state index in [9.17, 15) is 9.90 Å². The minimum atomic E-state index is -0.164. The third-order valence-electron chi connectivity index (χ3n) is 5.60. The first-order valence-corrected chi connectivity index (χ1v) is 13.2. The highest BCUT2D eigenvalue weighted by Crippen LogP contribution is 2.40. The van der Waals surface area contributed by atoms with Crippen molar-refractivity contribution in [3.05, 3.63) is 28.8 Å². The molecule has 31 heavy (non-hydrogen) atoms. The lowest BCUT2D eigenvalue weighted by atomic mass is 9.78. The summed E-state index contributed by atoms with van der Waals surface area (Å²) in [6, 6.07) is 4.11. The van der Waals surface area contributed by atoms with Crippen LogP contribution in [0, 0.1) is 0 Å². The van der Waals surface area contributed by atoms with Crippen LogP contribution < -0.4 is 0 Å². The molecule has 178 valence electrons. The van der Waals surface area contributed by atoms with Gasteiger partial charge in [0, 0.05) is 12.2 Å². The van der Waals surface area contributed by atoms with Crippen LogP contribution in [0.4, 0.5) is 0 Å². The smallest absolute Gasteiger partial charge is 0.306 e. The average Bonchev–Trinajstić information content (AvgIpc) is 2.67. The molecular weight excluding hydrogens is 404 g/mol. The van der Waals surface area contributed by atoms with Gasteiger partial charge in [-0.1, -0.05) is 86.8 Å². The number of rotatable bonds is 12. The molecular formula is C27H46O3S. The van der Waals surface area contributed by atoms with Gasteiger partial charge in [-0.25, -0.2) is 0 Å². The first-order chi connectivity index (χ1) is 14.4. The maximum atomic E-state index is 12.5. The summed E-state index contributed by atoms with van der Waals surface area (Å²) in [5.41, 5.74) is 2.64. The zero-order chi connectivity index (χ0) is 23.7. The number of benzene rings is 1. The van der Waals surface area contributed by atoms with Gasteiger partial charge in [0.05, 0.1) is 0 Å². The summed E-state index contributed by atoms with van der Waals surface area (Å²) in [5, 5.41) is 10.9. The third kappa shape index (κ3) is 9.89. The summed E-state index contributed by atoms with van der Waals surface area (Å²) in [7, 11) is 0. The lowest BCUT2D eigenvalue weighted by molar-refractivity contribution is -0.148. The molecule has 1 N–H and O–H groups in total. The number of carbonyl (C=O) groups excluding carboxylic acids is 1. The molecule has 0 aliphatic heterocycles. The van der Waals surface area contributed by atoms with Crippen LogP contribution in [0.2, 0.25) is 0 Å². The average molecular weight is 451 g/mol. The number of ether oxygens (including phenoxy) is 1. The Hall–Kier alpha value is -1.16. The molecule has 0 fully saturated rings. The van der Waals surface area contributed by atoms with Crippen LogP contribution in [0.25, 0.3) is 0 Å². The van der Waals surface area contributed by atoms with Gasteiger partial charge in [-0.2, -0.15) is 11.8 Å². The summed E-state index contributed by atoms with van der Waals surface area (Å²) in [5.74, 6) is 2.29. The Morgan fingerprint density at radius 3 is 2.06 bits per heavy atom. The summed E-state index contributed by atoms with van der Waals surface area (Å²) in [6.45, 7) is 17.0. The molecule has 0 saturated heterocycles. The fourth-order valence-corrected chi connectivity index (χ4v) is 4.70. The van der Waals surface area contributed by atoms with E-state index < -0.39 is 0 Å². The number of thioether (sulfide) groups is 1. The Morgan fingerprint density at radius 1 is 1.00 bits per heavy atom. The van der Waals surface area contributed by atoms with Crippen LogP contribution in [-0.4, -0.2) is 28.7 Å². The normalized spacial score (nSPS) is 13.3. The number of carbonyl (C=O) groups is 1. The molecule has 1 unspecified atom stereocenters. The summed E-state index contributed by atoms with van der Waals surface area (Å²) in [6.07, 6.45) is 6.96. The van der Waals surface area contributed by atoms with E-state index in [1.165, 1.54) is 25.7 Å². The number of phenols is 1. The second-order valence-electron chi connectivity index (χ2n) is 10.7. The molecule has 0 aromatic heterocycles. The van der Waals surface area contributed by atoms with E-state index in [0.717, 1.165) is 34.6 Å². The Labute approximate surface area is 195 Å². The van der Waals surface area contributed by atoms with Gasteiger partial charge in [0.1, 0.15) is 11.9 Å². The highest BCUT2D eigenvalue weighted by atomic mass is 32.2. The highest BCUT2D eigenvalue weighted by molar-refractivity contribution is 7.99. The lowest BCUT2D eigenvalue weighted by Crippen LogP contribution is -2.21. The van der Waals surface area contributed by atoms with Crippen molar-refractivity contribution in [2.24, 2.45) is 0 Å². The highest BCUT2D eigenvalue weighted by Gasteiger charge is 2.26. The van der Waals surface area contributed by atoms with E-state index >= 15 is 0 Å². The van der Waals surface area contributed by atoms with Gasteiger partial charge in [-0.05, 0) is 52.5 Å². The number of phenolic OH excluding ortho intramolecular Hbond substituents is 1. The van der Waals surface area contributed by atoms with Crippen LogP contribution in [0.1, 0.15) is 111 Å². The zero-order valence-electron chi connectivity index (χ0n) is 21.3. The van der Waals surface area contributed by atoms with E-state index in [-0.39, 0.29) is 22.9 Å². The molecule has 0 aliphatic carbocycles. The molecule has 0 spiro atoms. The molecule has 0 bridgehead atoms. The molecule has 1 aromatic carbocycles. The van der Waals surface area contributed by atoms with Crippen LogP contribution in [0.3, 0.4) is 0 Å². The predicted octanol–water partition coefficient (Wildman–Crippen LogP) is 7.56. The topological polar surface area (TPSA) is 46.5 Å². The van der Waals surface area contributed by atoms with Gasteiger partial charge < -0.3 is 9.84 Å². The molecule has 0 aliphatic rings. The molecule has 3 nitrogen and oxygen atoms in total. The number of hydrogen-bond donors (Lipinski definition) is 1. The van der Waals surface area contributed by atoms with Crippen molar-refractivity contribution >= 4 is 17.7 Å². The monoisotopic (exact) mass is 450 g/mol. The van der Waals surface area contributed by atoms with Gasteiger partial charge in [-0.15, -0.1) is 0 Å². The van der Waals surface area contributed by atoms with Gasteiger partial charge in [0.25, 0.3) is 0 Å².